The smallest absolute Gasteiger partial charge is 0.317 e. The van der Waals surface area contributed by atoms with Gasteiger partial charge in [-0.2, -0.15) is 0 Å². The minimum atomic E-state index is -0.380. The molecule has 17 heavy (non-hydrogen) atoms. The second-order valence-electron chi connectivity index (χ2n) is 3.13. The van der Waals surface area contributed by atoms with Crippen LogP contribution in [0.25, 0.3) is 0 Å². The van der Waals surface area contributed by atoms with Gasteiger partial charge in [0.2, 0.25) is 0 Å². The van der Waals surface area contributed by atoms with Crippen LogP contribution in [0.4, 0.5) is 0 Å². The van der Waals surface area contributed by atoms with Crippen molar-refractivity contribution < 1.29 is 14.3 Å². The normalized spacial score (nSPS) is 9.06. The van der Waals surface area contributed by atoms with Crippen LogP contribution in [0.2, 0.25) is 5.02 Å². The molecule has 1 aromatic rings. The van der Waals surface area contributed by atoms with Crippen molar-refractivity contribution in [3.05, 3.63) is 34.3 Å². The van der Waals surface area contributed by atoms with E-state index in [2.05, 4.69) is 11.8 Å². The molecule has 0 radical (unpaired) electrons. The van der Waals surface area contributed by atoms with Crippen molar-refractivity contribution in [1.29, 1.82) is 0 Å². The average molecular weight is 251 g/mol. The molecule has 1 rings (SSSR count). The zero-order valence-corrected chi connectivity index (χ0v) is 10.1. The summed E-state index contributed by atoms with van der Waals surface area (Å²) in [6, 6.07) is 4.79. The Morgan fingerprint density at radius 3 is 2.94 bits per heavy atom. The van der Waals surface area contributed by atoms with Gasteiger partial charge in [-0.05, 0) is 25.1 Å². The highest BCUT2D eigenvalue weighted by Crippen LogP contribution is 2.13. The number of esters is 1. The first-order valence-corrected chi connectivity index (χ1v) is 5.44. The monoisotopic (exact) mass is 250 g/mol. The first-order chi connectivity index (χ1) is 8.17. The standard InChI is InChI=1S/C13H11ClO3/c1-2-17-13(16)5-3-4-10-8-12(14)7-6-11(10)9-15/h6-9H,2,5H2,1H3. The fourth-order valence-corrected chi connectivity index (χ4v) is 1.34. The molecule has 1 aromatic carbocycles. The van der Waals surface area contributed by atoms with Gasteiger partial charge in [0.25, 0.3) is 0 Å². The molecule has 4 heteroatoms. The minimum absolute atomic E-state index is 0.00134. The molecule has 0 fully saturated rings. The Bertz CT molecular complexity index is 483. The van der Waals surface area contributed by atoms with Gasteiger partial charge in [-0.25, -0.2) is 0 Å². The molecule has 0 atom stereocenters. The van der Waals surface area contributed by atoms with Gasteiger partial charge in [-0.15, -0.1) is 0 Å². The number of carbonyl (C=O) groups excluding carboxylic acids is 2. The lowest BCUT2D eigenvalue weighted by Crippen LogP contribution is -2.01. The van der Waals surface area contributed by atoms with Crippen LogP contribution < -0.4 is 0 Å². The number of aldehydes is 1. The summed E-state index contributed by atoms with van der Waals surface area (Å²) < 4.78 is 4.72. The average Bonchev–Trinajstić information content (AvgIpc) is 2.30. The fraction of sp³-hybridized carbons (Fsp3) is 0.231. The predicted molar refractivity (Wildman–Crippen MR) is 65.0 cm³/mol. The lowest BCUT2D eigenvalue weighted by atomic mass is 10.1. The lowest BCUT2D eigenvalue weighted by molar-refractivity contribution is -0.141. The van der Waals surface area contributed by atoms with Gasteiger partial charge in [-0.1, -0.05) is 23.4 Å². The first-order valence-electron chi connectivity index (χ1n) is 5.06. The summed E-state index contributed by atoms with van der Waals surface area (Å²) in [5.41, 5.74) is 0.961. The summed E-state index contributed by atoms with van der Waals surface area (Å²) in [7, 11) is 0. The number of carbonyl (C=O) groups is 2. The summed E-state index contributed by atoms with van der Waals surface area (Å²) in [6.07, 6.45) is 0.698. The van der Waals surface area contributed by atoms with Crippen LogP contribution in [0.15, 0.2) is 18.2 Å². The van der Waals surface area contributed by atoms with E-state index in [9.17, 15) is 9.59 Å². The largest absolute Gasteiger partial charge is 0.465 e. The van der Waals surface area contributed by atoms with Gasteiger partial charge in [0, 0.05) is 16.1 Å². The molecule has 3 nitrogen and oxygen atoms in total. The quantitative estimate of drug-likeness (QED) is 0.470. The van der Waals surface area contributed by atoms with Crippen LogP contribution in [0.1, 0.15) is 29.3 Å². The SMILES string of the molecule is CCOC(=O)CC#Cc1cc(Cl)ccc1C=O. The van der Waals surface area contributed by atoms with Crippen LogP contribution in [0.5, 0.6) is 0 Å². The molecule has 0 saturated carbocycles. The number of halogens is 1. The van der Waals surface area contributed by atoms with Crippen molar-refractivity contribution in [3.8, 4) is 11.8 Å². The maximum atomic E-state index is 11.0. The van der Waals surface area contributed by atoms with E-state index in [0.29, 0.717) is 29.0 Å². The highest BCUT2D eigenvalue weighted by Gasteiger charge is 2.00. The minimum Gasteiger partial charge on any atom is -0.465 e. The van der Waals surface area contributed by atoms with Crippen molar-refractivity contribution >= 4 is 23.9 Å². The molecule has 0 bridgehead atoms. The van der Waals surface area contributed by atoms with E-state index in [1.54, 1.807) is 25.1 Å². The third kappa shape index (κ3) is 4.29. The predicted octanol–water partition coefficient (Wildman–Crippen LogP) is 2.46. The Balaban J connectivity index is 2.80. The van der Waals surface area contributed by atoms with E-state index in [1.807, 2.05) is 0 Å². The van der Waals surface area contributed by atoms with Gasteiger partial charge in [0.1, 0.15) is 6.42 Å². The Kier molecular flexibility index (Phi) is 5.25. The molecule has 0 unspecified atom stereocenters. The first kappa shape index (κ1) is 13.3. The molecule has 0 aliphatic carbocycles. The van der Waals surface area contributed by atoms with Crippen molar-refractivity contribution in [1.82, 2.24) is 0 Å². The maximum Gasteiger partial charge on any atom is 0.317 e. The number of rotatable bonds is 3. The van der Waals surface area contributed by atoms with Crippen molar-refractivity contribution in [3.63, 3.8) is 0 Å². The van der Waals surface area contributed by atoms with Crippen LogP contribution in [-0.4, -0.2) is 18.9 Å². The van der Waals surface area contributed by atoms with Gasteiger partial charge in [0.15, 0.2) is 6.29 Å². The fourth-order valence-electron chi connectivity index (χ4n) is 1.16. The topological polar surface area (TPSA) is 43.4 Å². The molecule has 88 valence electrons. The summed E-state index contributed by atoms with van der Waals surface area (Å²) in [4.78, 5) is 21.8. The van der Waals surface area contributed by atoms with Crippen LogP contribution in [-0.2, 0) is 9.53 Å². The molecule has 0 aliphatic heterocycles. The Hall–Kier alpha value is -1.79. The maximum absolute atomic E-state index is 11.0. The summed E-state index contributed by atoms with van der Waals surface area (Å²) >= 11 is 5.79. The zero-order chi connectivity index (χ0) is 12.7. The third-order valence-corrected chi connectivity index (χ3v) is 2.14. The molecule has 0 aromatic heterocycles. The summed E-state index contributed by atoms with van der Waals surface area (Å²) in [5, 5.41) is 0.496. The Morgan fingerprint density at radius 1 is 1.53 bits per heavy atom. The number of benzene rings is 1. The summed E-state index contributed by atoms with van der Waals surface area (Å²) in [5.74, 6) is 4.99. The van der Waals surface area contributed by atoms with Crippen molar-refractivity contribution in [2.24, 2.45) is 0 Å². The van der Waals surface area contributed by atoms with Crippen LogP contribution in [0, 0.1) is 11.8 Å². The van der Waals surface area contributed by atoms with Crippen molar-refractivity contribution in [2.75, 3.05) is 6.61 Å². The number of hydrogen-bond acceptors (Lipinski definition) is 3. The number of hydrogen-bond donors (Lipinski definition) is 0. The van der Waals surface area contributed by atoms with E-state index in [0.717, 1.165) is 0 Å². The van der Waals surface area contributed by atoms with E-state index in [-0.39, 0.29) is 12.4 Å². The van der Waals surface area contributed by atoms with E-state index in [1.165, 1.54) is 0 Å². The molecular formula is C13H11ClO3. The van der Waals surface area contributed by atoms with Gasteiger partial charge in [-0.3, -0.25) is 9.59 Å². The van der Waals surface area contributed by atoms with Gasteiger partial charge in [0.05, 0.1) is 6.61 Å². The second-order valence-corrected chi connectivity index (χ2v) is 3.57. The Morgan fingerprint density at radius 2 is 2.29 bits per heavy atom. The van der Waals surface area contributed by atoms with E-state index in [4.69, 9.17) is 16.3 Å². The third-order valence-electron chi connectivity index (χ3n) is 1.90. The lowest BCUT2D eigenvalue weighted by Gasteiger charge is -1.97. The van der Waals surface area contributed by atoms with Crippen LogP contribution in [0.3, 0.4) is 0 Å². The molecular weight excluding hydrogens is 240 g/mol. The number of ether oxygens (including phenoxy) is 1. The van der Waals surface area contributed by atoms with Gasteiger partial charge >= 0.3 is 5.97 Å². The second kappa shape index (κ2) is 6.72. The van der Waals surface area contributed by atoms with E-state index >= 15 is 0 Å². The Labute approximate surface area is 105 Å². The highest BCUT2D eigenvalue weighted by molar-refractivity contribution is 6.30. The van der Waals surface area contributed by atoms with Gasteiger partial charge < -0.3 is 4.74 Å². The van der Waals surface area contributed by atoms with Crippen LogP contribution >= 0.6 is 11.6 Å². The molecule has 0 saturated heterocycles. The highest BCUT2D eigenvalue weighted by atomic mass is 35.5. The molecule has 0 heterocycles. The molecule has 0 spiro atoms. The van der Waals surface area contributed by atoms with Crippen molar-refractivity contribution in [2.45, 2.75) is 13.3 Å². The zero-order valence-electron chi connectivity index (χ0n) is 9.33. The molecule has 0 aliphatic rings. The molecule has 0 amide bonds. The van der Waals surface area contributed by atoms with E-state index < -0.39 is 0 Å². The molecule has 0 N–H and O–H groups in total. The summed E-state index contributed by atoms with van der Waals surface area (Å²) in [6.45, 7) is 2.06.